The minimum absolute atomic E-state index is 0.00463. The van der Waals surface area contributed by atoms with E-state index in [1.165, 1.54) is 0 Å². The number of nitrogens with two attached hydrogens (primary N) is 2. The Kier molecular flexibility index (Phi) is 2.55. The first-order valence-corrected chi connectivity index (χ1v) is 3.98. The summed E-state index contributed by atoms with van der Waals surface area (Å²) < 4.78 is 37.5. The van der Waals surface area contributed by atoms with Gasteiger partial charge in [-0.25, -0.2) is 4.98 Å². The van der Waals surface area contributed by atoms with Crippen LogP contribution in [0.5, 0.6) is 0 Å². The molecule has 0 aliphatic rings. The number of rotatable bonds is 1. The molecule has 0 fully saturated rings. The van der Waals surface area contributed by atoms with E-state index >= 15 is 0 Å². The van der Waals surface area contributed by atoms with Crippen molar-refractivity contribution in [2.75, 3.05) is 11.5 Å². The Morgan fingerprint density at radius 1 is 1.36 bits per heavy atom. The van der Waals surface area contributed by atoms with Gasteiger partial charge < -0.3 is 11.5 Å². The van der Waals surface area contributed by atoms with Crippen LogP contribution in [-0.4, -0.2) is 4.98 Å². The zero-order valence-corrected chi connectivity index (χ0v) is 7.52. The Morgan fingerprint density at radius 3 is 2.29 bits per heavy atom. The highest BCUT2D eigenvalue weighted by molar-refractivity contribution is 5.58. The lowest BCUT2D eigenvalue weighted by atomic mass is 10.0. The van der Waals surface area contributed by atoms with E-state index in [1.807, 2.05) is 0 Å². The number of pyridine rings is 1. The SMILES string of the molecule is CCc1c(N)cnc(N)c1C(F)(F)F. The van der Waals surface area contributed by atoms with E-state index in [0.29, 0.717) is 0 Å². The van der Waals surface area contributed by atoms with Gasteiger partial charge in [0.1, 0.15) is 11.4 Å². The fourth-order valence-electron chi connectivity index (χ4n) is 1.28. The summed E-state index contributed by atoms with van der Waals surface area (Å²) >= 11 is 0. The normalized spacial score (nSPS) is 11.7. The summed E-state index contributed by atoms with van der Waals surface area (Å²) in [6.45, 7) is 1.58. The van der Waals surface area contributed by atoms with E-state index < -0.39 is 17.6 Å². The molecule has 0 aromatic carbocycles. The van der Waals surface area contributed by atoms with Crippen molar-refractivity contribution in [1.82, 2.24) is 4.98 Å². The molecule has 0 unspecified atom stereocenters. The molecule has 1 heterocycles. The van der Waals surface area contributed by atoms with Crippen LogP contribution in [0.15, 0.2) is 6.20 Å². The first-order chi connectivity index (χ1) is 6.38. The van der Waals surface area contributed by atoms with Crippen molar-refractivity contribution in [3.8, 4) is 0 Å². The predicted molar refractivity (Wildman–Crippen MR) is 47.4 cm³/mol. The monoisotopic (exact) mass is 205 g/mol. The molecule has 78 valence electrons. The molecule has 0 atom stereocenters. The van der Waals surface area contributed by atoms with Crippen LogP contribution in [0.4, 0.5) is 24.7 Å². The van der Waals surface area contributed by atoms with Gasteiger partial charge in [-0.05, 0) is 12.0 Å². The van der Waals surface area contributed by atoms with Crippen molar-refractivity contribution >= 4 is 11.5 Å². The summed E-state index contributed by atoms with van der Waals surface area (Å²) in [6.07, 6.45) is -3.19. The molecule has 0 amide bonds. The van der Waals surface area contributed by atoms with Gasteiger partial charge in [0, 0.05) is 0 Å². The highest BCUT2D eigenvalue weighted by Crippen LogP contribution is 2.37. The van der Waals surface area contributed by atoms with Crippen molar-refractivity contribution < 1.29 is 13.2 Å². The molecule has 4 N–H and O–H groups in total. The second-order valence-electron chi connectivity index (χ2n) is 2.80. The molecule has 1 aromatic rings. The first-order valence-electron chi connectivity index (χ1n) is 3.98. The van der Waals surface area contributed by atoms with Crippen LogP contribution in [0, 0.1) is 0 Å². The van der Waals surface area contributed by atoms with Crippen molar-refractivity contribution in [2.24, 2.45) is 0 Å². The second-order valence-corrected chi connectivity index (χ2v) is 2.80. The van der Waals surface area contributed by atoms with Crippen LogP contribution in [0.25, 0.3) is 0 Å². The molecular weight excluding hydrogens is 195 g/mol. The highest BCUT2D eigenvalue weighted by Gasteiger charge is 2.36. The number of hydrogen-bond acceptors (Lipinski definition) is 3. The maximum absolute atomic E-state index is 12.5. The van der Waals surface area contributed by atoms with Crippen LogP contribution in [-0.2, 0) is 12.6 Å². The number of aromatic nitrogens is 1. The van der Waals surface area contributed by atoms with Crippen molar-refractivity contribution in [3.05, 3.63) is 17.3 Å². The fourth-order valence-corrected chi connectivity index (χ4v) is 1.28. The van der Waals surface area contributed by atoms with Gasteiger partial charge in [-0.1, -0.05) is 6.92 Å². The first kappa shape index (κ1) is 10.6. The predicted octanol–water partition coefficient (Wildman–Crippen LogP) is 1.83. The molecular formula is C8H10F3N3. The van der Waals surface area contributed by atoms with Crippen LogP contribution in [0.2, 0.25) is 0 Å². The molecule has 6 heteroatoms. The topological polar surface area (TPSA) is 64.9 Å². The summed E-state index contributed by atoms with van der Waals surface area (Å²) in [5.41, 5.74) is 9.65. The molecule has 0 aliphatic carbocycles. The van der Waals surface area contributed by atoms with E-state index in [2.05, 4.69) is 4.98 Å². The van der Waals surface area contributed by atoms with Gasteiger partial charge >= 0.3 is 6.18 Å². The molecule has 1 aromatic heterocycles. The summed E-state index contributed by atoms with van der Waals surface area (Å²) in [4.78, 5) is 3.39. The minimum Gasteiger partial charge on any atom is -0.397 e. The lowest BCUT2D eigenvalue weighted by Gasteiger charge is -2.14. The Labute approximate surface area is 78.9 Å². The summed E-state index contributed by atoms with van der Waals surface area (Å²) in [5.74, 6) is -0.524. The molecule has 14 heavy (non-hydrogen) atoms. The van der Waals surface area contributed by atoms with Gasteiger partial charge in [0.2, 0.25) is 0 Å². The molecule has 1 rings (SSSR count). The largest absolute Gasteiger partial charge is 0.420 e. The molecule has 0 spiro atoms. The number of nitrogens with zero attached hydrogens (tertiary/aromatic N) is 1. The van der Waals surface area contributed by atoms with Gasteiger partial charge in [0.15, 0.2) is 0 Å². The minimum atomic E-state index is -4.50. The zero-order chi connectivity index (χ0) is 10.9. The van der Waals surface area contributed by atoms with Crippen LogP contribution < -0.4 is 11.5 Å². The number of halogens is 3. The highest BCUT2D eigenvalue weighted by atomic mass is 19.4. The molecule has 0 saturated heterocycles. The number of alkyl halides is 3. The van der Waals surface area contributed by atoms with Crippen LogP contribution in [0.1, 0.15) is 18.1 Å². The average molecular weight is 205 g/mol. The molecule has 0 radical (unpaired) electrons. The quantitative estimate of drug-likeness (QED) is 0.735. The Bertz CT molecular complexity index is 346. The fraction of sp³-hybridized carbons (Fsp3) is 0.375. The van der Waals surface area contributed by atoms with Gasteiger partial charge in [-0.3, -0.25) is 0 Å². The standard InChI is InChI=1S/C8H10F3N3/c1-2-4-5(12)3-14-7(13)6(4)8(9,10)11/h3H,2,12H2,1H3,(H2,13,14). The number of hydrogen-bond donors (Lipinski definition) is 2. The van der Waals surface area contributed by atoms with E-state index in [0.717, 1.165) is 6.20 Å². The Balaban J connectivity index is 3.46. The summed E-state index contributed by atoms with van der Waals surface area (Å²) in [6, 6.07) is 0. The maximum atomic E-state index is 12.5. The van der Waals surface area contributed by atoms with Gasteiger partial charge in [0.25, 0.3) is 0 Å². The average Bonchev–Trinajstić information content (AvgIpc) is 2.06. The van der Waals surface area contributed by atoms with Gasteiger partial charge in [-0.2, -0.15) is 13.2 Å². The molecule has 0 bridgehead atoms. The molecule has 0 aliphatic heterocycles. The van der Waals surface area contributed by atoms with Crippen molar-refractivity contribution in [3.63, 3.8) is 0 Å². The van der Waals surface area contributed by atoms with Gasteiger partial charge in [-0.15, -0.1) is 0 Å². The number of anilines is 2. The smallest absolute Gasteiger partial charge is 0.397 e. The third-order valence-corrected chi connectivity index (χ3v) is 1.89. The van der Waals surface area contributed by atoms with E-state index in [9.17, 15) is 13.2 Å². The number of nitrogen functional groups attached to an aromatic ring is 2. The maximum Gasteiger partial charge on any atom is 0.420 e. The second kappa shape index (κ2) is 3.36. The molecule has 0 saturated carbocycles. The van der Waals surface area contributed by atoms with E-state index in [4.69, 9.17) is 11.5 Å². The summed E-state index contributed by atoms with van der Waals surface area (Å²) in [7, 11) is 0. The van der Waals surface area contributed by atoms with Crippen LogP contribution in [0.3, 0.4) is 0 Å². The third-order valence-electron chi connectivity index (χ3n) is 1.89. The van der Waals surface area contributed by atoms with Gasteiger partial charge in [0.05, 0.1) is 11.9 Å². The Hall–Kier alpha value is -1.46. The van der Waals surface area contributed by atoms with E-state index in [-0.39, 0.29) is 17.7 Å². The molecule has 3 nitrogen and oxygen atoms in total. The lowest BCUT2D eigenvalue weighted by Crippen LogP contribution is -2.15. The van der Waals surface area contributed by atoms with Crippen molar-refractivity contribution in [1.29, 1.82) is 0 Å². The third kappa shape index (κ3) is 1.73. The zero-order valence-electron chi connectivity index (χ0n) is 7.52. The van der Waals surface area contributed by atoms with Crippen molar-refractivity contribution in [2.45, 2.75) is 19.5 Å². The summed E-state index contributed by atoms with van der Waals surface area (Å²) in [5, 5.41) is 0. The Morgan fingerprint density at radius 2 is 1.93 bits per heavy atom. The van der Waals surface area contributed by atoms with Crippen LogP contribution >= 0.6 is 0 Å². The van der Waals surface area contributed by atoms with E-state index in [1.54, 1.807) is 6.92 Å². The lowest BCUT2D eigenvalue weighted by molar-refractivity contribution is -0.137.